The Bertz CT molecular complexity index is 1390. The molecular formula is C34H32Cl2SiZr. The van der Waals surface area contributed by atoms with Crippen molar-refractivity contribution in [3.8, 4) is 22.3 Å². The van der Waals surface area contributed by atoms with Crippen LogP contribution in [-0.4, -0.2) is 6.69 Å². The van der Waals surface area contributed by atoms with Gasteiger partial charge in [-0.25, -0.2) is 0 Å². The van der Waals surface area contributed by atoms with Crippen LogP contribution >= 0.6 is 22.2 Å². The van der Waals surface area contributed by atoms with Crippen molar-refractivity contribution in [1.82, 2.24) is 0 Å². The van der Waals surface area contributed by atoms with Gasteiger partial charge in [-0.05, 0) is 13.1 Å². The van der Waals surface area contributed by atoms with E-state index in [4.69, 9.17) is 22.2 Å². The monoisotopic (exact) mass is 628 g/mol. The van der Waals surface area contributed by atoms with Crippen molar-refractivity contribution >= 4 is 41.0 Å². The second-order valence-electron chi connectivity index (χ2n) is 10.5. The molecule has 4 heteroatoms. The number of rotatable bonds is 4. The van der Waals surface area contributed by atoms with Gasteiger partial charge in [0.15, 0.2) is 0 Å². The molecule has 4 aromatic carbocycles. The molecule has 0 saturated carbocycles. The smallest absolute Gasteiger partial charge is 0.146 e. The average Bonchev–Trinajstić information content (AvgIpc) is 3.39. The Balaban J connectivity index is 0.000000540. The van der Waals surface area contributed by atoms with Crippen LogP contribution in [0.4, 0.5) is 0 Å². The van der Waals surface area contributed by atoms with Gasteiger partial charge < -0.3 is 0 Å². The molecule has 0 radical (unpaired) electrons. The molecule has 0 amide bonds. The van der Waals surface area contributed by atoms with Crippen LogP contribution in [0.25, 0.3) is 34.4 Å². The Labute approximate surface area is 249 Å². The summed E-state index contributed by atoms with van der Waals surface area (Å²) < 4.78 is 1.26. The van der Waals surface area contributed by atoms with Gasteiger partial charge in [0.25, 0.3) is 0 Å². The van der Waals surface area contributed by atoms with E-state index in [1.807, 2.05) is 13.1 Å². The van der Waals surface area contributed by atoms with Crippen molar-refractivity contribution in [2.45, 2.75) is 34.2 Å². The molecule has 2 atom stereocenters. The van der Waals surface area contributed by atoms with Gasteiger partial charge in [-0.15, -0.1) is 22.2 Å². The van der Waals surface area contributed by atoms with E-state index in [2.05, 4.69) is 123 Å². The number of hydrogen-bond acceptors (Lipinski definition) is 0. The van der Waals surface area contributed by atoms with Gasteiger partial charge in [-0.1, -0.05) is 0 Å². The van der Waals surface area contributed by atoms with Crippen molar-refractivity contribution < 1.29 is 23.2 Å². The van der Waals surface area contributed by atoms with Crippen LogP contribution in [0.15, 0.2) is 108 Å². The van der Waals surface area contributed by atoms with E-state index in [1.54, 1.807) is 22.3 Å². The number of hydrogen-bond donors (Lipinski definition) is 0. The largest absolute Gasteiger partial charge is 0.245 e. The molecule has 0 bridgehead atoms. The summed E-state index contributed by atoms with van der Waals surface area (Å²) in [6.07, 6.45) is 4.94. The standard InChI is InChI=1S/2C16H13.C2H6Cl2Si.Zr/c2*1-12-10-14-8-5-9-15(16(14)11-12)13-6-3-2-4-7-13;1-5(2,3)4;/h2*2-11H,1H3;1-2H3;. The summed E-state index contributed by atoms with van der Waals surface area (Å²) in [5, 5.41) is 0. The Morgan fingerprint density at radius 1 is 0.553 bits per heavy atom. The van der Waals surface area contributed by atoms with Crippen molar-refractivity contribution in [3.63, 3.8) is 0 Å². The SMILES string of the molecule is CC1=Cc2c(-c3ccccc3)cccc2[CH]1[Zr][CH]1C(C)=Cc2c(-c3ccccc3)cccc21.C[Si](C)(Cl)Cl. The fourth-order valence-electron chi connectivity index (χ4n) is 5.45. The Morgan fingerprint density at radius 2 is 0.921 bits per heavy atom. The fourth-order valence-corrected chi connectivity index (χ4v) is 10.1. The summed E-state index contributed by atoms with van der Waals surface area (Å²) in [5.41, 5.74) is 14.5. The summed E-state index contributed by atoms with van der Waals surface area (Å²) >= 11 is 10.0. The van der Waals surface area contributed by atoms with Gasteiger partial charge in [0.2, 0.25) is 6.69 Å². The van der Waals surface area contributed by atoms with E-state index in [1.165, 1.54) is 33.4 Å². The molecule has 190 valence electrons. The van der Waals surface area contributed by atoms with Gasteiger partial charge in [0.05, 0.1) is 0 Å². The zero-order valence-corrected chi connectivity index (χ0v) is 27.3. The Hall–Kier alpha value is -1.96. The number of fused-ring (bicyclic) bond motifs is 2. The topological polar surface area (TPSA) is 0 Å². The first-order valence-corrected chi connectivity index (χ1v) is 20.9. The third-order valence-corrected chi connectivity index (χ3v) is 12.5. The molecule has 2 aliphatic carbocycles. The molecule has 0 spiro atoms. The predicted octanol–water partition coefficient (Wildman–Crippen LogP) is 10.9. The van der Waals surface area contributed by atoms with Crippen LogP contribution in [0.5, 0.6) is 0 Å². The quantitative estimate of drug-likeness (QED) is 0.155. The van der Waals surface area contributed by atoms with Crippen molar-refractivity contribution in [2.75, 3.05) is 0 Å². The minimum atomic E-state index is -1.67. The summed E-state index contributed by atoms with van der Waals surface area (Å²) in [6.45, 7) is 6.76. The Kier molecular flexibility index (Phi) is 8.46. The molecule has 0 fully saturated rings. The minimum absolute atomic E-state index is 0.631. The first-order valence-electron chi connectivity index (χ1n) is 13.1. The van der Waals surface area contributed by atoms with E-state index in [9.17, 15) is 0 Å². The van der Waals surface area contributed by atoms with Crippen LogP contribution < -0.4 is 0 Å². The van der Waals surface area contributed by atoms with E-state index in [-0.39, 0.29) is 0 Å². The van der Waals surface area contributed by atoms with Crippen LogP contribution in [-0.2, 0) is 23.2 Å². The van der Waals surface area contributed by atoms with Crippen LogP contribution in [0, 0.1) is 0 Å². The predicted molar refractivity (Wildman–Crippen MR) is 166 cm³/mol. The second kappa shape index (κ2) is 11.6. The average molecular weight is 631 g/mol. The van der Waals surface area contributed by atoms with Gasteiger partial charge in [0.1, 0.15) is 0 Å². The fraction of sp³-hybridized carbons (Fsp3) is 0.176. The molecule has 2 aliphatic rings. The van der Waals surface area contributed by atoms with Gasteiger partial charge in [-0.2, -0.15) is 0 Å². The third kappa shape index (κ3) is 6.10. The molecule has 6 rings (SSSR count). The summed E-state index contributed by atoms with van der Waals surface area (Å²) in [7, 11) is 0. The zero-order valence-electron chi connectivity index (χ0n) is 22.3. The van der Waals surface area contributed by atoms with Crippen molar-refractivity contribution in [2.24, 2.45) is 0 Å². The molecular weight excluding hydrogens is 599 g/mol. The van der Waals surface area contributed by atoms with Crippen LogP contribution in [0.3, 0.4) is 0 Å². The summed E-state index contributed by atoms with van der Waals surface area (Å²) in [4.78, 5) is 0. The van der Waals surface area contributed by atoms with Crippen LogP contribution in [0.1, 0.15) is 43.4 Å². The first kappa shape index (κ1) is 27.6. The van der Waals surface area contributed by atoms with E-state index >= 15 is 0 Å². The normalized spacial score (nSPS) is 17.5. The minimum Gasteiger partial charge on any atom is -0.146 e. The van der Waals surface area contributed by atoms with Gasteiger partial charge in [0, 0.05) is 0 Å². The molecule has 38 heavy (non-hydrogen) atoms. The van der Waals surface area contributed by atoms with Gasteiger partial charge >= 0.3 is 209 Å². The van der Waals surface area contributed by atoms with E-state index < -0.39 is 29.9 Å². The molecule has 0 N–H and O–H groups in total. The zero-order chi connectivity index (χ0) is 26.9. The molecule has 4 aromatic rings. The summed E-state index contributed by atoms with van der Waals surface area (Å²) in [6, 6.07) is 35.6. The Morgan fingerprint density at radius 3 is 1.29 bits per heavy atom. The number of halogens is 2. The van der Waals surface area contributed by atoms with Crippen molar-refractivity contribution in [1.29, 1.82) is 0 Å². The number of allylic oxidation sites excluding steroid dienone is 2. The maximum atomic E-state index is 5.43. The molecule has 0 nitrogen and oxygen atoms in total. The maximum absolute atomic E-state index is 5.43. The van der Waals surface area contributed by atoms with Crippen molar-refractivity contribution in [3.05, 3.63) is 130 Å². The van der Waals surface area contributed by atoms with Gasteiger partial charge in [-0.3, -0.25) is 0 Å². The molecule has 0 saturated heterocycles. The molecule has 0 heterocycles. The van der Waals surface area contributed by atoms with E-state index in [0.29, 0.717) is 7.25 Å². The third-order valence-electron chi connectivity index (χ3n) is 7.06. The first-order chi connectivity index (χ1) is 18.2. The molecule has 2 unspecified atom stereocenters. The number of benzene rings is 4. The summed E-state index contributed by atoms with van der Waals surface area (Å²) in [5.74, 6) is 0. The molecule has 0 aliphatic heterocycles. The van der Waals surface area contributed by atoms with E-state index in [0.717, 1.165) is 0 Å². The molecule has 0 aromatic heterocycles. The second-order valence-corrected chi connectivity index (χ2v) is 23.0. The van der Waals surface area contributed by atoms with Crippen LogP contribution in [0.2, 0.25) is 13.1 Å². The maximum Gasteiger partial charge on any atom is 0.245 e.